The van der Waals surface area contributed by atoms with Crippen LogP contribution in [0, 0.1) is 0 Å². The summed E-state index contributed by atoms with van der Waals surface area (Å²) in [5.74, 6) is 0.568. The Morgan fingerprint density at radius 1 is 1.30 bits per heavy atom. The number of nitrogens with two attached hydrogens (primary N) is 1. The minimum atomic E-state index is -0.278. The van der Waals surface area contributed by atoms with E-state index in [1.54, 1.807) is 12.3 Å². The molecule has 1 fully saturated rings. The molecule has 110 valence electrons. The average Bonchev–Trinajstić information content (AvgIpc) is 2.25. The fourth-order valence-electron chi connectivity index (χ4n) is 3.51. The van der Waals surface area contributed by atoms with Crippen LogP contribution in [0.25, 0.3) is 0 Å². The van der Waals surface area contributed by atoms with Gasteiger partial charge in [0.1, 0.15) is 5.82 Å². The Morgan fingerprint density at radius 2 is 1.90 bits per heavy atom. The fraction of sp³-hybridized carbons (Fsp3) is 0.600. The first-order chi connectivity index (χ1) is 9.22. The molecule has 1 aromatic heterocycles. The van der Waals surface area contributed by atoms with Crippen molar-refractivity contribution in [3.05, 3.63) is 24.4 Å². The summed E-state index contributed by atoms with van der Waals surface area (Å²) in [6.07, 6.45) is 3.26. The molecule has 1 aliphatic rings. The number of hydrogen-bond donors (Lipinski definition) is 2. The van der Waals surface area contributed by atoms with E-state index in [0.717, 1.165) is 12.8 Å². The number of hydrogen-bond acceptors (Lipinski definition) is 3. The maximum atomic E-state index is 12.6. The molecule has 2 amide bonds. The van der Waals surface area contributed by atoms with Crippen molar-refractivity contribution < 1.29 is 4.79 Å². The number of aromatic nitrogens is 1. The van der Waals surface area contributed by atoms with E-state index in [9.17, 15) is 4.79 Å². The summed E-state index contributed by atoms with van der Waals surface area (Å²) in [5, 5.41) is 2.87. The molecule has 5 heteroatoms. The highest BCUT2D eigenvalue weighted by atomic mass is 16.2. The normalized spacial score (nSPS) is 21.6. The number of nitrogens with one attached hydrogen (secondary N) is 1. The van der Waals surface area contributed by atoms with Crippen molar-refractivity contribution in [2.75, 3.05) is 5.32 Å². The summed E-state index contributed by atoms with van der Waals surface area (Å²) in [6.45, 7) is 8.25. The number of carbonyl (C=O) groups excluding carboxylic acids is 1. The molecule has 20 heavy (non-hydrogen) atoms. The third-order valence-corrected chi connectivity index (χ3v) is 3.84. The standard InChI is InChI=1S/C15H24N4O/c1-14(2)9-11(16)10-15(3,4)19(14)13(20)18-12-7-5-6-8-17-12/h5-8,11H,9-10,16H2,1-4H3,(H,17,18,20). The highest BCUT2D eigenvalue weighted by Crippen LogP contribution is 2.38. The van der Waals surface area contributed by atoms with Gasteiger partial charge in [0, 0.05) is 23.3 Å². The Kier molecular flexibility index (Phi) is 3.73. The van der Waals surface area contributed by atoms with Crippen LogP contribution in [0.5, 0.6) is 0 Å². The molecule has 2 rings (SSSR count). The van der Waals surface area contributed by atoms with Crippen molar-refractivity contribution in [2.24, 2.45) is 5.73 Å². The van der Waals surface area contributed by atoms with Gasteiger partial charge in [-0.25, -0.2) is 9.78 Å². The Hall–Kier alpha value is -1.62. The van der Waals surface area contributed by atoms with Gasteiger partial charge in [-0.05, 0) is 52.7 Å². The molecule has 5 nitrogen and oxygen atoms in total. The Morgan fingerprint density at radius 3 is 2.40 bits per heavy atom. The molecule has 0 aromatic carbocycles. The second kappa shape index (κ2) is 5.05. The molecule has 0 saturated carbocycles. The molecule has 0 atom stereocenters. The molecule has 1 aliphatic heterocycles. The van der Waals surface area contributed by atoms with Crippen LogP contribution in [0.1, 0.15) is 40.5 Å². The zero-order chi connectivity index (χ0) is 15.0. The molecule has 0 bridgehead atoms. The first-order valence-electron chi connectivity index (χ1n) is 7.00. The van der Waals surface area contributed by atoms with Crippen LogP contribution >= 0.6 is 0 Å². The largest absolute Gasteiger partial charge is 0.328 e. The lowest BCUT2D eigenvalue weighted by Gasteiger charge is -2.54. The van der Waals surface area contributed by atoms with Gasteiger partial charge < -0.3 is 10.6 Å². The minimum absolute atomic E-state index is 0.120. The van der Waals surface area contributed by atoms with E-state index in [1.165, 1.54) is 0 Å². The zero-order valence-corrected chi connectivity index (χ0v) is 12.7. The molecule has 1 saturated heterocycles. The Bertz CT molecular complexity index is 466. The molecule has 0 unspecified atom stereocenters. The van der Waals surface area contributed by atoms with Crippen molar-refractivity contribution in [1.29, 1.82) is 0 Å². The monoisotopic (exact) mass is 276 g/mol. The highest BCUT2D eigenvalue weighted by Gasteiger charge is 2.47. The van der Waals surface area contributed by atoms with Crippen LogP contribution < -0.4 is 11.1 Å². The topological polar surface area (TPSA) is 71.2 Å². The molecule has 0 spiro atoms. The number of urea groups is 1. The van der Waals surface area contributed by atoms with Crippen LogP contribution in [-0.4, -0.2) is 33.0 Å². The molecule has 0 radical (unpaired) electrons. The van der Waals surface area contributed by atoms with E-state index < -0.39 is 0 Å². The van der Waals surface area contributed by atoms with Gasteiger partial charge in [-0.15, -0.1) is 0 Å². The third-order valence-electron chi connectivity index (χ3n) is 3.84. The number of carbonyl (C=O) groups is 1. The molecular formula is C15H24N4O. The van der Waals surface area contributed by atoms with Gasteiger partial charge in [0.2, 0.25) is 0 Å². The minimum Gasteiger partial charge on any atom is -0.328 e. The zero-order valence-electron chi connectivity index (χ0n) is 12.7. The lowest BCUT2D eigenvalue weighted by Crippen LogP contribution is -2.66. The molecule has 2 heterocycles. The highest BCUT2D eigenvalue weighted by molar-refractivity contribution is 5.89. The van der Waals surface area contributed by atoms with E-state index in [-0.39, 0.29) is 23.2 Å². The predicted octanol–water partition coefficient (Wildman–Crippen LogP) is 2.59. The summed E-state index contributed by atoms with van der Waals surface area (Å²) in [7, 11) is 0. The molecule has 3 N–H and O–H groups in total. The van der Waals surface area contributed by atoms with E-state index in [2.05, 4.69) is 38.0 Å². The van der Waals surface area contributed by atoms with Crippen LogP contribution in [0.15, 0.2) is 24.4 Å². The fourth-order valence-corrected chi connectivity index (χ4v) is 3.51. The second-order valence-electron chi connectivity index (χ2n) is 6.77. The van der Waals surface area contributed by atoms with E-state index >= 15 is 0 Å². The third kappa shape index (κ3) is 2.93. The summed E-state index contributed by atoms with van der Waals surface area (Å²) < 4.78 is 0. The van der Waals surface area contributed by atoms with Crippen molar-refractivity contribution in [3.63, 3.8) is 0 Å². The number of likely N-dealkylation sites (tertiary alicyclic amines) is 1. The van der Waals surface area contributed by atoms with Crippen LogP contribution in [0.3, 0.4) is 0 Å². The molecular weight excluding hydrogens is 252 g/mol. The smallest absolute Gasteiger partial charge is 0.323 e. The second-order valence-corrected chi connectivity index (χ2v) is 6.77. The van der Waals surface area contributed by atoms with E-state index in [0.29, 0.717) is 5.82 Å². The quantitative estimate of drug-likeness (QED) is 0.828. The summed E-state index contributed by atoms with van der Waals surface area (Å²) >= 11 is 0. The number of piperidine rings is 1. The first kappa shape index (κ1) is 14.8. The number of amides is 2. The number of nitrogens with zero attached hydrogens (tertiary/aromatic N) is 2. The Labute approximate surface area is 120 Å². The maximum absolute atomic E-state index is 12.6. The Balaban J connectivity index is 2.22. The summed E-state index contributed by atoms with van der Waals surface area (Å²) in [5.41, 5.74) is 5.57. The van der Waals surface area contributed by atoms with Crippen molar-refractivity contribution in [1.82, 2.24) is 9.88 Å². The van der Waals surface area contributed by atoms with Gasteiger partial charge in [0.15, 0.2) is 0 Å². The van der Waals surface area contributed by atoms with Crippen molar-refractivity contribution in [3.8, 4) is 0 Å². The van der Waals surface area contributed by atoms with Gasteiger partial charge in [0.25, 0.3) is 0 Å². The van der Waals surface area contributed by atoms with Crippen LogP contribution in [0.2, 0.25) is 0 Å². The number of pyridine rings is 1. The SMILES string of the molecule is CC1(C)CC(N)CC(C)(C)N1C(=O)Nc1ccccn1. The maximum Gasteiger partial charge on any atom is 0.323 e. The van der Waals surface area contributed by atoms with E-state index in [1.807, 2.05) is 17.0 Å². The van der Waals surface area contributed by atoms with Crippen molar-refractivity contribution >= 4 is 11.8 Å². The van der Waals surface area contributed by atoms with Gasteiger partial charge in [-0.2, -0.15) is 0 Å². The predicted molar refractivity (Wildman–Crippen MR) is 80.5 cm³/mol. The van der Waals surface area contributed by atoms with Gasteiger partial charge in [0.05, 0.1) is 0 Å². The average molecular weight is 276 g/mol. The summed E-state index contributed by atoms with van der Waals surface area (Å²) in [6, 6.07) is 5.46. The van der Waals surface area contributed by atoms with Crippen LogP contribution in [-0.2, 0) is 0 Å². The van der Waals surface area contributed by atoms with E-state index in [4.69, 9.17) is 5.73 Å². The van der Waals surface area contributed by atoms with Crippen LogP contribution in [0.4, 0.5) is 10.6 Å². The lowest BCUT2D eigenvalue weighted by molar-refractivity contribution is 0.00874. The number of rotatable bonds is 1. The number of anilines is 1. The van der Waals surface area contributed by atoms with Gasteiger partial charge in [-0.1, -0.05) is 6.07 Å². The lowest BCUT2D eigenvalue weighted by atomic mass is 9.77. The van der Waals surface area contributed by atoms with Gasteiger partial charge >= 0.3 is 6.03 Å². The first-order valence-corrected chi connectivity index (χ1v) is 7.00. The van der Waals surface area contributed by atoms with Gasteiger partial charge in [-0.3, -0.25) is 5.32 Å². The molecule has 1 aromatic rings. The molecule has 0 aliphatic carbocycles. The van der Waals surface area contributed by atoms with Crippen molar-refractivity contribution in [2.45, 2.75) is 57.7 Å². The summed E-state index contributed by atoms with van der Waals surface area (Å²) in [4.78, 5) is 18.7.